The molecule has 96 valence electrons. The highest BCUT2D eigenvalue weighted by atomic mass is 79.9. The van der Waals surface area contributed by atoms with Gasteiger partial charge in [0.15, 0.2) is 0 Å². The van der Waals surface area contributed by atoms with E-state index in [0.29, 0.717) is 13.1 Å². The summed E-state index contributed by atoms with van der Waals surface area (Å²) in [5.74, 6) is 0.896. The van der Waals surface area contributed by atoms with Crippen molar-refractivity contribution in [3.63, 3.8) is 0 Å². The van der Waals surface area contributed by atoms with Crippen LogP contribution in [-0.4, -0.2) is 11.1 Å². The SMILES string of the molecule is Cc1cc(Br)cn(CCNCc2ccco2)c1=O. The first-order valence-corrected chi connectivity index (χ1v) is 6.56. The van der Waals surface area contributed by atoms with Gasteiger partial charge in [-0.15, -0.1) is 0 Å². The molecule has 0 aliphatic heterocycles. The van der Waals surface area contributed by atoms with Gasteiger partial charge in [-0.2, -0.15) is 0 Å². The highest BCUT2D eigenvalue weighted by Gasteiger charge is 2.01. The van der Waals surface area contributed by atoms with Crippen LogP contribution in [0.15, 0.2) is 44.3 Å². The highest BCUT2D eigenvalue weighted by molar-refractivity contribution is 9.10. The molecule has 1 N–H and O–H groups in total. The van der Waals surface area contributed by atoms with Gasteiger partial charge in [-0.25, -0.2) is 0 Å². The Morgan fingerprint density at radius 2 is 2.33 bits per heavy atom. The lowest BCUT2D eigenvalue weighted by Crippen LogP contribution is -2.27. The van der Waals surface area contributed by atoms with Crippen LogP contribution in [0.5, 0.6) is 0 Å². The summed E-state index contributed by atoms with van der Waals surface area (Å²) in [6.45, 7) is 3.85. The predicted molar refractivity (Wildman–Crippen MR) is 73.6 cm³/mol. The molecule has 2 aromatic heterocycles. The minimum atomic E-state index is 0.0537. The van der Waals surface area contributed by atoms with Gasteiger partial charge < -0.3 is 14.3 Å². The minimum Gasteiger partial charge on any atom is -0.468 e. The van der Waals surface area contributed by atoms with Gasteiger partial charge in [0, 0.05) is 29.3 Å². The molecule has 4 nitrogen and oxygen atoms in total. The third-order valence-electron chi connectivity index (χ3n) is 2.64. The van der Waals surface area contributed by atoms with Crippen molar-refractivity contribution in [2.45, 2.75) is 20.0 Å². The van der Waals surface area contributed by atoms with E-state index in [9.17, 15) is 4.79 Å². The van der Waals surface area contributed by atoms with Crippen LogP contribution in [0.25, 0.3) is 0 Å². The number of pyridine rings is 1. The highest BCUT2D eigenvalue weighted by Crippen LogP contribution is 2.07. The maximum absolute atomic E-state index is 11.8. The molecule has 2 rings (SSSR count). The van der Waals surface area contributed by atoms with Crippen LogP contribution in [-0.2, 0) is 13.1 Å². The summed E-state index contributed by atoms with van der Waals surface area (Å²) in [6.07, 6.45) is 3.46. The van der Waals surface area contributed by atoms with E-state index >= 15 is 0 Å². The van der Waals surface area contributed by atoms with E-state index in [2.05, 4.69) is 21.2 Å². The van der Waals surface area contributed by atoms with E-state index in [1.54, 1.807) is 10.8 Å². The zero-order valence-corrected chi connectivity index (χ0v) is 11.7. The second-order valence-corrected chi connectivity index (χ2v) is 5.01. The Hall–Kier alpha value is -1.33. The number of nitrogens with zero attached hydrogens (tertiary/aromatic N) is 1. The molecule has 0 unspecified atom stereocenters. The van der Waals surface area contributed by atoms with Crippen molar-refractivity contribution in [3.8, 4) is 0 Å². The van der Waals surface area contributed by atoms with Crippen molar-refractivity contribution in [1.29, 1.82) is 0 Å². The van der Waals surface area contributed by atoms with Crippen LogP contribution in [0, 0.1) is 6.92 Å². The van der Waals surface area contributed by atoms with Crippen molar-refractivity contribution in [2.24, 2.45) is 0 Å². The molecule has 0 aliphatic carbocycles. The Kier molecular flexibility index (Phi) is 4.38. The third-order valence-corrected chi connectivity index (χ3v) is 3.07. The van der Waals surface area contributed by atoms with Crippen molar-refractivity contribution < 1.29 is 4.42 Å². The zero-order valence-electron chi connectivity index (χ0n) is 10.1. The first kappa shape index (κ1) is 13.1. The summed E-state index contributed by atoms with van der Waals surface area (Å²) < 4.78 is 7.83. The van der Waals surface area contributed by atoms with Crippen molar-refractivity contribution in [1.82, 2.24) is 9.88 Å². The third kappa shape index (κ3) is 3.34. The molecule has 0 atom stereocenters. The lowest BCUT2D eigenvalue weighted by atomic mass is 10.3. The number of halogens is 1. The van der Waals surface area contributed by atoms with Crippen LogP contribution < -0.4 is 10.9 Å². The van der Waals surface area contributed by atoms with Gasteiger partial charge in [0.05, 0.1) is 12.8 Å². The largest absolute Gasteiger partial charge is 0.468 e. The van der Waals surface area contributed by atoms with Crippen LogP contribution in [0.1, 0.15) is 11.3 Å². The van der Waals surface area contributed by atoms with E-state index in [4.69, 9.17) is 4.42 Å². The Bertz CT molecular complexity index is 561. The molecular weight excluding hydrogens is 296 g/mol. The van der Waals surface area contributed by atoms with E-state index in [1.807, 2.05) is 31.3 Å². The second-order valence-electron chi connectivity index (χ2n) is 4.10. The molecule has 0 fully saturated rings. The maximum Gasteiger partial charge on any atom is 0.253 e. The first-order chi connectivity index (χ1) is 8.66. The van der Waals surface area contributed by atoms with Crippen molar-refractivity contribution in [2.75, 3.05) is 6.54 Å². The summed E-state index contributed by atoms with van der Waals surface area (Å²) in [6, 6.07) is 5.61. The molecule has 0 saturated carbocycles. The Morgan fingerprint density at radius 3 is 3.06 bits per heavy atom. The molecule has 5 heteroatoms. The molecule has 2 aromatic rings. The number of hydrogen-bond acceptors (Lipinski definition) is 3. The van der Waals surface area contributed by atoms with Crippen LogP contribution in [0.3, 0.4) is 0 Å². The fraction of sp³-hybridized carbons (Fsp3) is 0.308. The molecular formula is C13H15BrN2O2. The fourth-order valence-corrected chi connectivity index (χ4v) is 2.32. The molecule has 0 aromatic carbocycles. The topological polar surface area (TPSA) is 47.2 Å². The van der Waals surface area contributed by atoms with Gasteiger partial charge in [-0.05, 0) is 41.1 Å². The molecule has 0 bridgehead atoms. The summed E-state index contributed by atoms with van der Waals surface area (Å²) in [5.41, 5.74) is 0.799. The Morgan fingerprint density at radius 1 is 1.50 bits per heavy atom. The first-order valence-electron chi connectivity index (χ1n) is 5.76. The lowest BCUT2D eigenvalue weighted by Gasteiger charge is -2.08. The van der Waals surface area contributed by atoms with Gasteiger partial charge in [0.25, 0.3) is 5.56 Å². The molecule has 18 heavy (non-hydrogen) atoms. The molecule has 0 radical (unpaired) electrons. The average Bonchev–Trinajstić information content (AvgIpc) is 2.83. The summed E-state index contributed by atoms with van der Waals surface area (Å²) >= 11 is 3.39. The van der Waals surface area contributed by atoms with E-state index in [-0.39, 0.29) is 5.56 Å². The van der Waals surface area contributed by atoms with Gasteiger partial charge in [0.2, 0.25) is 0 Å². The number of hydrogen-bond donors (Lipinski definition) is 1. The standard InChI is InChI=1S/C13H15BrN2O2/c1-10-7-11(14)9-16(13(10)17)5-4-15-8-12-3-2-6-18-12/h2-3,6-7,9,15H,4-5,8H2,1H3. The minimum absolute atomic E-state index is 0.0537. The predicted octanol–water partition coefficient (Wildman–Crippen LogP) is 2.30. The maximum atomic E-state index is 11.8. The van der Waals surface area contributed by atoms with E-state index < -0.39 is 0 Å². The average molecular weight is 311 g/mol. The molecule has 0 amide bonds. The Balaban J connectivity index is 1.89. The number of aryl methyl sites for hydroxylation is 1. The zero-order chi connectivity index (χ0) is 13.0. The normalized spacial score (nSPS) is 10.8. The molecule has 0 aliphatic rings. The quantitative estimate of drug-likeness (QED) is 0.862. The number of rotatable bonds is 5. The van der Waals surface area contributed by atoms with Crippen molar-refractivity contribution in [3.05, 3.63) is 56.8 Å². The number of aromatic nitrogens is 1. The number of furan rings is 1. The smallest absolute Gasteiger partial charge is 0.253 e. The van der Waals surface area contributed by atoms with E-state index in [0.717, 1.165) is 22.3 Å². The van der Waals surface area contributed by atoms with Gasteiger partial charge in [-0.1, -0.05) is 0 Å². The molecule has 2 heterocycles. The molecule has 0 saturated heterocycles. The van der Waals surface area contributed by atoms with Crippen LogP contribution in [0.2, 0.25) is 0 Å². The summed E-state index contributed by atoms with van der Waals surface area (Å²) in [5, 5.41) is 3.23. The summed E-state index contributed by atoms with van der Waals surface area (Å²) in [7, 11) is 0. The van der Waals surface area contributed by atoms with Crippen LogP contribution in [0.4, 0.5) is 0 Å². The fourth-order valence-electron chi connectivity index (χ4n) is 1.73. The Labute approximate surface area is 114 Å². The molecule has 0 spiro atoms. The number of nitrogens with one attached hydrogen (secondary N) is 1. The van der Waals surface area contributed by atoms with Gasteiger partial charge in [0.1, 0.15) is 5.76 Å². The monoisotopic (exact) mass is 310 g/mol. The van der Waals surface area contributed by atoms with Crippen molar-refractivity contribution >= 4 is 15.9 Å². The second kappa shape index (κ2) is 6.02. The van der Waals surface area contributed by atoms with Gasteiger partial charge in [-0.3, -0.25) is 4.79 Å². The van der Waals surface area contributed by atoms with Gasteiger partial charge >= 0.3 is 0 Å². The van der Waals surface area contributed by atoms with E-state index in [1.165, 1.54) is 0 Å². The summed E-state index contributed by atoms with van der Waals surface area (Å²) in [4.78, 5) is 11.8. The lowest BCUT2D eigenvalue weighted by molar-refractivity contribution is 0.474. The van der Waals surface area contributed by atoms with Crippen LogP contribution >= 0.6 is 15.9 Å².